The van der Waals surface area contributed by atoms with E-state index in [1.165, 1.54) is 62.7 Å². The third kappa shape index (κ3) is 14.2. The predicted molar refractivity (Wildman–Crippen MR) is 262 cm³/mol. The summed E-state index contributed by atoms with van der Waals surface area (Å²) in [7, 11) is 1.41. The Bertz CT molecular complexity index is 2890. The van der Waals surface area contributed by atoms with Crippen molar-refractivity contribution >= 4 is 81.6 Å². The number of aromatic amines is 1. The zero-order valence-corrected chi connectivity index (χ0v) is 40.2. The number of aromatic nitrogens is 8. The lowest BCUT2D eigenvalue weighted by Gasteiger charge is -2.24. The van der Waals surface area contributed by atoms with Crippen LogP contribution in [-0.4, -0.2) is 136 Å². The Labute approximate surface area is 416 Å². The third-order valence-electron chi connectivity index (χ3n) is 11.3. The van der Waals surface area contributed by atoms with Crippen LogP contribution >= 0.6 is 0 Å². The first-order valence-corrected chi connectivity index (χ1v) is 23.0. The third-order valence-corrected chi connectivity index (χ3v) is 11.3. The lowest BCUT2D eigenvalue weighted by atomic mass is 10.0. The molecule has 0 unspecified atom stereocenters. The SMILES string of the molecule is COc1cc(C(=O)N[C@@H](CCCNC(=O)c2ccc(NC(=O)[C@H](C)NC(=O)[C@@H](NC(=O)CCCCCN3C(=O)C=CC3=O)C(C)C)cc2-c2nn[nH]n2)C(=O)O)ccc1NCc1cnc2nc(N)nc(N)c2n1. The minimum Gasteiger partial charge on any atom is -0.495 e. The number of tetrazole rings is 1. The second kappa shape index (κ2) is 24.6. The number of benzene rings is 2. The average molecular weight is 1010 g/mol. The molecular formula is C46H55N17O10. The largest absolute Gasteiger partial charge is 0.495 e. The number of hydrogen-bond donors (Lipinski definition) is 10. The average Bonchev–Trinajstić information content (AvgIpc) is 4.02. The fraction of sp³-hybridized carbons (Fsp3) is 0.370. The molecule has 12 N–H and O–H groups in total. The molecule has 27 nitrogen and oxygen atoms in total. The van der Waals surface area contributed by atoms with Crippen LogP contribution in [-0.2, 0) is 35.3 Å². The highest BCUT2D eigenvalue weighted by Gasteiger charge is 2.28. The summed E-state index contributed by atoms with van der Waals surface area (Å²) in [5.41, 5.74) is 13.7. The molecule has 3 atom stereocenters. The van der Waals surface area contributed by atoms with Gasteiger partial charge in [-0.3, -0.25) is 38.5 Å². The Kier molecular flexibility index (Phi) is 17.9. The number of amides is 7. The molecule has 73 heavy (non-hydrogen) atoms. The number of nitrogens with one attached hydrogen (secondary N) is 7. The first-order chi connectivity index (χ1) is 34.9. The first-order valence-electron chi connectivity index (χ1n) is 23.0. The highest BCUT2D eigenvalue weighted by Crippen LogP contribution is 2.27. The number of hydrogen-bond acceptors (Lipinski definition) is 19. The molecule has 0 saturated heterocycles. The van der Waals surface area contributed by atoms with Gasteiger partial charge in [0.05, 0.1) is 36.8 Å². The zero-order valence-electron chi connectivity index (χ0n) is 40.2. The van der Waals surface area contributed by atoms with Gasteiger partial charge in [0.1, 0.15) is 23.9 Å². The molecule has 1 aliphatic heterocycles. The van der Waals surface area contributed by atoms with E-state index in [1.807, 2.05) is 0 Å². The van der Waals surface area contributed by atoms with Crippen LogP contribution in [0.5, 0.6) is 5.75 Å². The van der Waals surface area contributed by atoms with Gasteiger partial charge in [0.15, 0.2) is 17.0 Å². The van der Waals surface area contributed by atoms with Crippen LogP contribution in [0.15, 0.2) is 54.7 Å². The summed E-state index contributed by atoms with van der Waals surface area (Å²) in [6, 6.07) is 5.50. The summed E-state index contributed by atoms with van der Waals surface area (Å²) in [6.07, 6.45) is 5.68. The smallest absolute Gasteiger partial charge is 0.326 e. The summed E-state index contributed by atoms with van der Waals surface area (Å²) in [5.74, 6) is -4.82. The van der Waals surface area contributed by atoms with Crippen LogP contribution < -0.4 is 48.1 Å². The molecule has 0 saturated carbocycles. The van der Waals surface area contributed by atoms with Gasteiger partial charge in [-0.2, -0.15) is 15.2 Å². The molecule has 4 heterocycles. The van der Waals surface area contributed by atoms with Crippen molar-refractivity contribution in [3.63, 3.8) is 0 Å². The molecule has 1 aliphatic rings. The maximum atomic E-state index is 13.5. The van der Waals surface area contributed by atoms with Gasteiger partial charge in [0.25, 0.3) is 23.6 Å². The standard InChI is InChI=1S/C46H55N17O10/c1-23(2)36(56-33(64)10-6-5-7-18-63-34(65)15-16-35(63)66)44(70)52-24(3)41(67)54-26-12-13-28(29(20-26)39-59-61-62-60-39)43(69)49-17-8-9-31(45(71)72)55-42(68)25-11-14-30(32(19-25)73-4)50-21-27-22-51-40-37(53-27)38(47)57-46(48)58-40/h11-16,19-20,22-24,31,36,50H,5-10,17-18,21H2,1-4H3,(H,49,69)(H,52,70)(H,54,67)(H,55,68)(H,56,64)(H,71,72)(H,59,60,61,62)(H4,47,48,51,57,58)/t24-,31-,36-/m0/s1. The summed E-state index contributed by atoms with van der Waals surface area (Å²) >= 11 is 0. The maximum Gasteiger partial charge on any atom is 0.326 e. The van der Waals surface area contributed by atoms with Gasteiger partial charge >= 0.3 is 5.97 Å². The van der Waals surface area contributed by atoms with E-state index < -0.39 is 47.7 Å². The van der Waals surface area contributed by atoms with E-state index in [0.717, 1.165) is 4.90 Å². The maximum absolute atomic E-state index is 13.5. The Balaban J connectivity index is 0.973. The predicted octanol–water partition coefficient (Wildman–Crippen LogP) is 0.848. The number of H-pyrrole nitrogens is 1. The van der Waals surface area contributed by atoms with E-state index in [-0.39, 0.29) is 119 Å². The van der Waals surface area contributed by atoms with Crippen molar-refractivity contribution in [3.05, 3.63) is 71.6 Å². The molecule has 0 spiro atoms. The van der Waals surface area contributed by atoms with Crippen LogP contribution in [0.3, 0.4) is 0 Å². The summed E-state index contributed by atoms with van der Waals surface area (Å²) in [5, 5.41) is 40.3. The highest BCUT2D eigenvalue weighted by atomic mass is 16.5. The van der Waals surface area contributed by atoms with E-state index in [2.05, 4.69) is 72.5 Å². The quantitative estimate of drug-likeness (QED) is 0.0286. The Morgan fingerprint density at radius 3 is 2.33 bits per heavy atom. The number of carbonyl (C=O) groups excluding carboxylic acids is 7. The summed E-state index contributed by atoms with van der Waals surface area (Å²) in [4.78, 5) is 120. The van der Waals surface area contributed by atoms with E-state index in [1.54, 1.807) is 19.9 Å². The molecule has 0 bridgehead atoms. The minimum absolute atomic E-state index is 0.00440. The van der Waals surface area contributed by atoms with Crippen molar-refractivity contribution in [1.29, 1.82) is 0 Å². The van der Waals surface area contributed by atoms with E-state index in [0.29, 0.717) is 30.6 Å². The van der Waals surface area contributed by atoms with Gasteiger partial charge < -0.3 is 53.2 Å². The fourth-order valence-corrected chi connectivity index (χ4v) is 7.40. The monoisotopic (exact) mass is 1010 g/mol. The number of ether oxygens (including phenoxy) is 1. The molecule has 0 fully saturated rings. The number of carboxylic acid groups (broad SMARTS) is 1. The van der Waals surface area contributed by atoms with Gasteiger partial charge in [-0.05, 0) is 80.1 Å². The number of unbranched alkanes of at least 4 members (excludes halogenated alkanes) is 2. The number of carboxylic acids is 1. The molecule has 0 aliphatic carbocycles. The number of anilines is 4. The zero-order chi connectivity index (χ0) is 52.8. The Morgan fingerprint density at radius 1 is 0.863 bits per heavy atom. The molecule has 27 heteroatoms. The lowest BCUT2D eigenvalue weighted by Crippen LogP contribution is -2.53. The van der Waals surface area contributed by atoms with Crippen molar-refractivity contribution in [3.8, 4) is 17.1 Å². The summed E-state index contributed by atoms with van der Waals surface area (Å²) < 4.78 is 5.49. The molecule has 7 amide bonds. The number of nitrogens with two attached hydrogens (primary N) is 2. The molecule has 2 aromatic carbocycles. The molecular weight excluding hydrogens is 951 g/mol. The van der Waals surface area contributed by atoms with Crippen LogP contribution in [0.4, 0.5) is 23.1 Å². The van der Waals surface area contributed by atoms with Gasteiger partial charge in [0, 0.05) is 48.5 Å². The number of aliphatic carboxylic acids is 1. The first kappa shape index (κ1) is 53.2. The van der Waals surface area contributed by atoms with Crippen LogP contribution in [0.25, 0.3) is 22.6 Å². The van der Waals surface area contributed by atoms with E-state index in [9.17, 15) is 43.5 Å². The van der Waals surface area contributed by atoms with Crippen LogP contribution in [0, 0.1) is 5.92 Å². The fourth-order valence-electron chi connectivity index (χ4n) is 7.40. The molecule has 384 valence electrons. The Hall–Kier alpha value is -9.17. The number of methoxy groups -OCH3 is 1. The number of rotatable bonds is 25. The molecule has 5 aromatic rings. The van der Waals surface area contributed by atoms with Gasteiger partial charge in [-0.1, -0.05) is 20.3 Å². The van der Waals surface area contributed by atoms with E-state index in [4.69, 9.17) is 16.2 Å². The van der Waals surface area contributed by atoms with Crippen molar-refractivity contribution in [2.45, 2.75) is 84.0 Å². The van der Waals surface area contributed by atoms with Crippen molar-refractivity contribution in [1.82, 2.24) is 66.7 Å². The second-order valence-corrected chi connectivity index (χ2v) is 17.0. The van der Waals surface area contributed by atoms with Crippen molar-refractivity contribution in [2.75, 3.05) is 42.3 Å². The number of carbonyl (C=O) groups is 8. The number of imide groups is 1. The van der Waals surface area contributed by atoms with Gasteiger partial charge in [-0.25, -0.2) is 14.8 Å². The molecule has 0 radical (unpaired) electrons. The topological polar surface area (TPSA) is 399 Å². The van der Waals surface area contributed by atoms with E-state index >= 15 is 0 Å². The van der Waals surface area contributed by atoms with Gasteiger partial charge in [-0.15, -0.1) is 10.2 Å². The van der Waals surface area contributed by atoms with Crippen molar-refractivity contribution < 1.29 is 48.2 Å². The second-order valence-electron chi connectivity index (χ2n) is 17.0. The lowest BCUT2D eigenvalue weighted by molar-refractivity contribution is -0.139. The summed E-state index contributed by atoms with van der Waals surface area (Å²) in [6.45, 7) is 5.39. The van der Waals surface area contributed by atoms with Crippen LogP contribution in [0.2, 0.25) is 0 Å². The van der Waals surface area contributed by atoms with Gasteiger partial charge in [0.2, 0.25) is 29.5 Å². The molecule has 6 rings (SSSR count). The van der Waals surface area contributed by atoms with Crippen molar-refractivity contribution in [2.24, 2.45) is 5.92 Å². The number of fused-ring (bicyclic) bond motifs is 1. The molecule has 3 aromatic heterocycles. The number of nitrogen functional groups attached to an aromatic ring is 2. The minimum atomic E-state index is -1.32. The Morgan fingerprint density at radius 2 is 1.63 bits per heavy atom. The van der Waals surface area contributed by atoms with Crippen LogP contribution in [0.1, 0.15) is 85.7 Å². The number of nitrogens with zero attached hydrogens (tertiary/aromatic N) is 8. The highest BCUT2D eigenvalue weighted by molar-refractivity contribution is 6.13. The normalized spacial score (nSPS) is 13.3.